The Hall–Kier alpha value is -1.01. The number of carbonyl (C=O) groups is 1. The Morgan fingerprint density at radius 3 is 2.30 bits per heavy atom. The predicted molar refractivity (Wildman–Crippen MR) is 77.0 cm³/mol. The Morgan fingerprint density at radius 2 is 1.80 bits per heavy atom. The Balaban J connectivity index is 1.53. The summed E-state index contributed by atoms with van der Waals surface area (Å²) in [5.41, 5.74) is 5.41. The maximum absolute atomic E-state index is 12.8. The van der Waals surface area contributed by atoms with Crippen LogP contribution in [0, 0.1) is 23.2 Å². The third-order valence-corrected chi connectivity index (χ3v) is 6.24. The van der Waals surface area contributed by atoms with Crippen molar-refractivity contribution in [2.75, 3.05) is 5.32 Å². The fraction of sp³-hybridized carbons (Fsp3) is 0.786. The van der Waals surface area contributed by atoms with E-state index in [0.717, 1.165) is 42.0 Å². The molecule has 0 radical (unpaired) electrons. The first-order valence-electron chi connectivity index (χ1n) is 7.51. The lowest BCUT2D eigenvalue weighted by molar-refractivity contribution is -0.140. The molecule has 0 spiro atoms. The number of rotatable bonds is 3. The molecule has 5 nitrogen and oxygen atoms in total. The van der Waals surface area contributed by atoms with Crippen molar-refractivity contribution in [2.45, 2.75) is 45.1 Å². The van der Waals surface area contributed by atoms with E-state index in [4.69, 9.17) is 5.73 Å². The zero-order valence-corrected chi connectivity index (χ0v) is 12.3. The normalized spacial score (nSPS) is 38.1. The first-order valence-corrected chi connectivity index (χ1v) is 8.32. The summed E-state index contributed by atoms with van der Waals surface area (Å²) >= 11 is 1.39. The number of amides is 1. The van der Waals surface area contributed by atoms with E-state index in [0.29, 0.717) is 11.7 Å². The number of nitrogens with two attached hydrogens (primary N) is 1. The molecule has 1 aromatic heterocycles. The van der Waals surface area contributed by atoms with Crippen molar-refractivity contribution in [1.82, 2.24) is 10.2 Å². The second kappa shape index (κ2) is 4.49. The van der Waals surface area contributed by atoms with Gasteiger partial charge >= 0.3 is 0 Å². The largest absolute Gasteiger partial charge is 0.324 e. The van der Waals surface area contributed by atoms with Crippen LogP contribution in [0.2, 0.25) is 0 Å². The lowest BCUT2D eigenvalue weighted by atomic mass is 9.49. The van der Waals surface area contributed by atoms with E-state index in [2.05, 4.69) is 15.5 Å². The van der Waals surface area contributed by atoms with Crippen LogP contribution in [-0.4, -0.2) is 16.1 Å². The molecule has 5 rings (SSSR count). The van der Waals surface area contributed by atoms with Crippen LogP contribution in [0.25, 0.3) is 0 Å². The van der Waals surface area contributed by atoms with Crippen molar-refractivity contribution in [2.24, 2.45) is 28.9 Å². The fourth-order valence-corrected chi connectivity index (χ4v) is 5.62. The summed E-state index contributed by atoms with van der Waals surface area (Å²) in [4.78, 5) is 12.8. The van der Waals surface area contributed by atoms with E-state index in [1.54, 1.807) is 0 Å². The molecule has 108 valence electrons. The number of hydrogen-bond donors (Lipinski definition) is 2. The molecule has 0 aliphatic heterocycles. The first-order chi connectivity index (χ1) is 9.67. The van der Waals surface area contributed by atoms with E-state index in [1.165, 1.54) is 30.6 Å². The zero-order valence-electron chi connectivity index (χ0n) is 11.5. The quantitative estimate of drug-likeness (QED) is 0.894. The van der Waals surface area contributed by atoms with Gasteiger partial charge in [0.25, 0.3) is 0 Å². The molecule has 4 saturated carbocycles. The van der Waals surface area contributed by atoms with Crippen LogP contribution in [0.15, 0.2) is 0 Å². The van der Waals surface area contributed by atoms with Crippen molar-refractivity contribution in [3.63, 3.8) is 0 Å². The van der Waals surface area contributed by atoms with Crippen LogP contribution in [0.3, 0.4) is 0 Å². The molecule has 3 N–H and O–H groups in total. The SMILES string of the molecule is NCc1nnc(NC(=O)C23CC4CC(CC(C4)C2)C3)s1. The molecule has 4 aliphatic rings. The van der Waals surface area contributed by atoms with Crippen LogP contribution < -0.4 is 11.1 Å². The smallest absolute Gasteiger partial charge is 0.232 e. The molecule has 4 fully saturated rings. The maximum Gasteiger partial charge on any atom is 0.232 e. The van der Waals surface area contributed by atoms with Gasteiger partial charge in [-0.1, -0.05) is 11.3 Å². The van der Waals surface area contributed by atoms with E-state index in [-0.39, 0.29) is 11.3 Å². The number of hydrogen-bond acceptors (Lipinski definition) is 5. The number of nitrogens with one attached hydrogen (secondary N) is 1. The van der Waals surface area contributed by atoms with Crippen molar-refractivity contribution < 1.29 is 4.79 Å². The number of anilines is 1. The second-order valence-electron chi connectivity index (χ2n) is 6.86. The van der Waals surface area contributed by atoms with Gasteiger partial charge in [0.1, 0.15) is 5.01 Å². The van der Waals surface area contributed by atoms with Crippen molar-refractivity contribution in [3.8, 4) is 0 Å². The van der Waals surface area contributed by atoms with Crippen molar-refractivity contribution in [1.29, 1.82) is 0 Å². The third kappa shape index (κ3) is 1.97. The van der Waals surface area contributed by atoms with Gasteiger partial charge in [0, 0.05) is 6.54 Å². The molecule has 6 heteroatoms. The minimum absolute atomic E-state index is 0.122. The first kappa shape index (κ1) is 12.7. The van der Waals surface area contributed by atoms with Crippen LogP contribution in [0.4, 0.5) is 5.13 Å². The van der Waals surface area contributed by atoms with Crippen LogP contribution in [0.5, 0.6) is 0 Å². The number of carbonyl (C=O) groups excluding carboxylic acids is 1. The highest BCUT2D eigenvalue weighted by molar-refractivity contribution is 7.15. The van der Waals surface area contributed by atoms with E-state index >= 15 is 0 Å². The van der Waals surface area contributed by atoms with Gasteiger partial charge in [-0.3, -0.25) is 4.79 Å². The van der Waals surface area contributed by atoms with Crippen LogP contribution in [-0.2, 0) is 11.3 Å². The summed E-state index contributed by atoms with van der Waals surface area (Å²) in [6.07, 6.45) is 7.28. The summed E-state index contributed by atoms with van der Waals surface area (Å²) < 4.78 is 0. The molecule has 0 saturated heterocycles. The summed E-state index contributed by atoms with van der Waals surface area (Å²) in [6.45, 7) is 0.380. The summed E-state index contributed by atoms with van der Waals surface area (Å²) in [6, 6.07) is 0. The highest BCUT2D eigenvalue weighted by Crippen LogP contribution is 2.60. The van der Waals surface area contributed by atoms with Gasteiger partial charge in [-0.25, -0.2) is 0 Å². The minimum atomic E-state index is -0.122. The van der Waals surface area contributed by atoms with Crippen LogP contribution in [0.1, 0.15) is 43.5 Å². The molecule has 1 aromatic rings. The monoisotopic (exact) mass is 292 g/mol. The van der Waals surface area contributed by atoms with Gasteiger partial charge in [0.2, 0.25) is 11.0 Å². The maximum atomic E-state index is 12.8. The van der Waals surface area contributed by atoms with Gasteiger partial charge in [-0.05, 0) is 56.3 Å². The molecule has 4 aliphatic carbocycles. The topological polar surface area (TPSA) is 80.9 Å². The lowest BCUT2D eigenvalue weighted by Crippen LogP contribution is -2.51. The average Bonchev–Trinajstić information content (AvgIpc) is 2.85. The Kier molecular flexibility index (Phi) is 2.86. The van der Waals surface area contributed by atoms with Gasteiger partial charge in [-0.15, -0.1) is 10.2 Å². The molecule has 4 bridgehead atoms. The predicted octanol–water partition coefficient (Wildman–Crippen LogP) is 2.15. The minimum Gasteiger partial charge on any atom is -0.324 e. The molecule has 1 heterocycles. The van der Waals surface area contributed by atoms with E-state index < -0.39 is 0 Å². The number of nitrogens with zero attached hydrogens (tertiary/aromatic N) is 2. The molecule has 0 unspecified atom stereocenters. The average molecular weight is 292 g/mol. The Bertz CT molecular complexity index is 506. The van der Waals surface area contributed by atoms with Crippen LogP contribution >= 0.6 is 11.3 Å². The molecule has 20 heavy (non-hydrogen) atoms. The molecular weight excluding hydrogens is 272 g/mol. The zero-order chi connectivity index (χ0) is 13.7. The van der Waals surface area contributed by atoms with Gasteiger partial charge in [-0.2, -0.15) is 0 Å². The second-order valence-corrected chi connectivity index (χ2v) is 7.92. The highest BCUT2D eigenvalue weighted by Gasteiger charge is 2.54. The van der Waals surface area contributed by atoms with Crippen molar-refractivity contribution in [3.05, 3.63) is 5.01 Å². The summed E-state index contributed by atoms with van der Waals surface area (Å²) in [5.74, 6) is 2.51. The summed E-state index contributed by atoms with van der Waals surface area (Å²) in [5, 5.41) is 12.4. The summed E-state index contributed by atoms with van der Waals surface area (Å²) in [7, 11) is 0. The standard InChI is InChI=1S/C14H20N4OS/c15-7-11-17-18-13(20-11)16-12(19)14-4-8-1-9(5-14)3-10(2-8)6-14/h8-10H,1-7,15H2,(H,16,18,19). The van der Waals surface area contributed by atoms with Gasteiger partial charge in [0.15, 0.2) is 0 Å². The lowest BCUT2D eigenvalue weighted by Gasteiger charge is -2.55. The molecule has 0 aromatic carbocycles. The van der Waals surface area contributed by atoms with Gasteiger partial charge in [0.05, 0.1) is 5.41 Å². The third-order valence-electron chi connectivity index (χ3n) is 5.38. The fourth-order valence-electron chi connectivity index (χ4n) is 5.01. The molecule has 0 atom stereocenters. The molecular formula is C14H20N4OS. The Morgan fingerprint density at radius 1 is 1.20 bits per heavy atom. The van der Waals surface area contributed by atoms with Gasteiger partial charge < -0.3 is 11.1 Å². The Labute approximate surface area is 122 Å². The highest BCUT2D eigenvalue weighted by atomic mass is 32.1. The number of aromatic nitrogens is 2. The van der Waals surface area contributed by atoms with E-state index in [1.807, 2.05) is 0 Å². The van der Waals surface area contributed by atoms with Crippen molar-refractivity contribution >= 4 is 22.4 Å². The van der Waals surface area contributed by atoms with E-state index in [9.17, 15) is 4.79 Å². The molecule has 1 amide bonds.